The number of carbonyl (C=O) groups excluding carboxylic acids is 1. The molecule has 0 aliphatic rings. The van der Waals surface area contributed by atoms with Gasteiger partial charge in [-0.3, -0.25) is 4.79 Å². The lowest BCUT2D eigenvalue weighted by atomic mass is 9.93. The van der Waals surface area contributed by atoms with Gasteiger partial charge in [-0.2, -0.15) is 0 Å². The molecule has 0 aromatic heterocycles. The van der Waals surface area contributed by atoms with Crippen molar-refractivity contribution in [3.05, 3.63) is 71.3 Å². The van der Waals surface area contributed by atoms with Gasteiger partial charge in [0.1, 0.15) is 0 Å². The van der Waals surface area contributed by atoms with Crippen molar-refractivity contribution in [3.63, 3.8) is 0 Å². The van der Waals surface area contributed by atoms with Gasteiger partial charge >= 0.3 is 0 Å². The first kappa shape index (κ1) is 17.3. The molecule has 0 fully saturated rings. The van der Waals surface area contributed by atoms with E-state index in [2.05, 4.69) is 60.8 Å². The Bertz CT molecular complexity index is 623. The first-order valence-electron chi connectivity index (χ1n) is 8.28. The summed E-state index contributed by atoms with van der Waals surface area (Å²) in [6.45, 7) is 7.93. The van der Waals surface area contributed by atoms with E-state index in [0.29, 0.717) is 0 Å². The standard InChI is InChI=1S/C21H27NO/c1-16-10-13-18(14-11-16)19(22-20(23)21(2,3)4)15-12-17-8-6-5-7-9-17/h5-11,13-14,19H,12,15H2,1-4H3,(H,22,23)/t19-/m0/s1. The number of aryl methyl sites for hydroxylation is 2. The summed E-state index contributed by atoms with van der Waals surface area (Å²) in [6, 6.07) is 18.9. The largest absolute Gasteiger partial charge is 0.349 e. The molecule has 0 heterocycles. The molecule has 0 radical (unpaired) electrons. The van der Waals surface area contributed by atoms with Crippen molar-refractivity contribution in [1.29, 1.82) is 0 Å². The maximum atomic E-state index is 12.4. The van der Waals surface area contributed by atoms with Crippen LogP contribution in [0.4, 0.5) is 0 Å². The molecule has 2 rings (SSSR count). The van der Waals surface area contributed by atoms with Gasteiger partial charge < -0.3 is 5.32 Å². The second kappa shape index (κ2) is 7.45. The SMILES string of the molecule is Cc1ccc([C@H](CCc2ccccc2)NC(=O)C(C)(C)C)cc1. The van der Waals surface area contributed by atoms with Crippen LogP contribution in [0.2, 0.25) is 0 Å². The van der Waals surface area contributed by atoms with Crippen molar-refractivity contribution < 1.29 is 4.79 Å². The third-order valence-corrected chi connectivity index (χ3v) is 4.03. The molecule has 2 nitrogen and oxygen atoms in total. The summed E-state index contributed by atoms with van der Waals surface area (Å²) in [7, 11) is 0. The number of carbonyl (C=O) groups is 1. The average Bonchev–Trinajstić information content (AvgIpc) is 2.52. The van der Waals surface area contributed by atoms with Gasteiger partial charge in [-0.25, -0.2) is 0 Å². The van der Waals surface area contributed by atoms with E-state index >= 15 is 0 Å². The highest BCUT2D eigenvalue weighted by Gasteiger charge is 2.24. The maximum Gasteiger partial charge on any atom is 0.225 e. The van der Waals surface area contributed by atoms with E-state index in [1.165, 1.54) is 16.7 Å². The fraction of sp³-hybridized carbons (Fsp3) is 0.381. The molecule has 2 aromatic carbocycles. The van der Waals surface area contributed by atoms with Crippen LogP contribution in [0, 0.1) is 12.3 Å². The number of hydrogen-bond acceptors (Lipinski definition) is 1. The smallest absolute Gasteiger partial charge is 0.225 e. The third kappa shape index (κ3) is 5.24. The fourth-order valence-corrected chi connectivity index (χ4v) is 2.45. The minimum Gasteiger partial charge on any atom is -0.349 e. The average molecular weight is 309 g/mol. The Labute approximate surface area is 139 Å². The summed E-state index contributed by atoms with van der Waals surface area (Å²) < 4.78 is 0. The Balaban J connectivity index is 2.14. The van der Waals surface area contributed by atoms with Gasteiger partial charge in [-0.05, 0) is 30.9 Å². The van der Waals surface area contributed by atoms with E-state index < -0.39 is 0 Å². The van der Waals surface area contributed by atoms with Crippen molar-refractivity contribution >= 4 is 5.91 Å². The molecule has 122 valence electrons. The molecule has 23 heavy (non-hydrogen) atoms. The van der Waals surface area contributed by atoms with E-state index in [-0.39, 0.29) is 17.4 Å². The maximum absolute atomic E-state index is 12.4. The lowest BCUT2D eigenvalue weighted by Gasteiger charge is -2.25. The summed E-state index contributed by atoms with van der Waals surface area (Å²) in [4.78, 5) is 12.4. The number of nitrogens with one attached hydrogen (secondary N) is 1. The van der Waals surface area contributed by atoms with Gasteiger partial charge in [0.15, 0.2) is 0 Å². The Kier molecular flexibility index (Phi) is 5.59. The van der Waals surface area contributed by atoms with Crippen molar-refractivity contribution in [1.82, 2.24) is 5.32 Å². The summed E-state index contributed by atoms with van der Waals surface area (Å²) in [5.74, 6) is 0.0936. The third-order valence-electron chi connectivity index (χ3n) is 4.03. The number of hydrogen-bond donors (Lipinski definition) is 1. The lowest BCUT2D eigenvalue weighted by Crippen LogP contribution is -2.37. The van der Waals surface area contributed by atoms with Gasteiger partial charge in [-0.15, -0.1) is 0 Å². The topological polar surface area (TPSA) is 29.1 Å². The fourth-order valence-electron chi connectivity index (χ4n) is 2.45. The molecule has 0 aliphatic carbocycles. The molecule has 0 saturated carbocycles. The van der Waals surface area contributed by atoms with Crippen LogP contribution in [0.15, 0.2) is 54.6 Å². The number of rotatable bonds is 5. The van der Waals surface area contributed by atoms with Crippen molar-refractivity contribution in [2.24, 2.45) is 5.41 Å². The minimum absolute atomic E-state index is 0.0440. The molecule has 1 N–H and O–H groups in total. The molecule has 1 atom stereocenters. The highest BCUT2D eigenvalue weighted by molar-refractivity contribution is 5.81. The van der Waals surface area contributed by atoms with Gasteiger partial charge in [-0.1, -0.05) is 80.9 Å². The van der Waals surface area contributed by atoms with Crippen molar-refractivity contribution in [3.8, 4) is 0 Å². The Morgan fingerprint density at radius 2 is 1.61 bits per heavy atom. The van der Waals surface area contributed by atoms with Gasteiger partial charge in [0.25, 0.3) is 0 Å². The van der Waals surface area contributed by atoms with E-state index in [1.54, 1.807) is 0 Å². The van der Waals surface area contributed by atoms with Crippen LogP contribution in [0.1, 0.15) is 49.9 Å². The Morgan fingerprint density at radius 1 is 1.00 bits per heavy atom. The molecule has 2 aromatic rings. The predicted octanol–water partition coefficient (Wildman–Crippen LogP) is 4.83. The summed E-state index contributed by atoms with van der Waals surface area (Å²) in [5.41, 5.74) is 3.33. The van der Waals surface area contributed by atoms with E-state index in [9.17, 15) is 4.79 Å². The summed E-state index contributed by atoms with van der Waals surface area (Å²) in [5, 5.41) is 3.22. The Hall–Kier alpha value is -2.09. The van der Waals surface area contributed by atoms with Gasteiger partial charge in [0.2, 0.25) is 5.91 Å². The van der Waals surface area contributed by atoms with E-state index in [0.717, 1.165) is 12.8 Å². The van der Waals surface area contributed by atoms with Crippen LogP contribution >= 0.6 is 0 Å². The van der Waals surface area contributed by atoms with Gasteiger partial charge in [0.05, 0.1) is 6.04 Å². The highest BCUT2D eigenvalue weighted by atomic mass is 16.2. The van der Waals surface area contributed by atoms with Crippen LogP contribution in [0.5, 0.6) is 0 Å². The second-order valence-corrected chi connectivity index (χ2v) is 7.21. The molecule has 2 heteroatoms. The quantitative estimate of drug-likeness (QED) is 0.842. The molecule has 1 amide bonds. The predicted molar refractivity (Wildman–Crippen MR) is 96.3 cm³/mol. The van der Waals surface area contributed by atoms with Crippen LogP contribution in [-0.4, -0.2) is 5.91 Å². The molecule has 0 bridgehead atoms. The van der Waals surface area contributed by atoms with Crippen molar-refractivity contribution in [2.75, 3.05) is 0 Å². The van der Waals surface area contributed by atoms with E-state index in [4.69, 9.17) is 0 Å². The zero-order valence-electron chi connectivity index (χ0n) is 14.6. The number of amides is 1. The zero-order valence-corrected chi connectivity index (χ0v) is 14.6. The van der Waals surface area contributed by atoms with Crippen LogP contribution in [0.3, 0.4) is 0 Å². The van der Waals surface area contributed by atoms with Crippen LogP contribution < -0.4 is 5.32 Å². The minimum atomic E-state index is -0.379. The molecule has 0 spiro atoms. The normalized spacial score (nSPS) is 12.7. The molecular weight excluding hydrogens is 282 g/mol. The molecule has 0 saturated heterocycles. The van der Waals surface area contributed by atoms with Crippen molar-refractivity contribution in [2.45, 2.75) is 46.6 Å². The first-order valence-corrected chi connectivity index (χ1v) is 8.28. The molecular formula is C21H27NO. The monoisotopic (exact) mass is 309 g/mol. The first-order chi connectivity index (χ1) is 10.9. The van der Waals surface area contributed by atoms with Crippen LogP contribution in [-0.2, 0) is 11.2 Å². The highest BCUT2D eigenvalue weighted by Crippen LogP contribution is 2.23. The number of benzene rings is 2. The zero-order chi connectivity index (χ0) is 16.9. The Morgan fingerprint density at radius 3 is 2.17 bits per heavy atom. The summed E-state index contributed by atoms with van der Waals surface area (Å²) in [6.07, 6.45) is 1.85. The molecule has 0 aliphatic heterocycles. The molecule has 0 unspecified atom stereocenters. The second-order valence-electron chi connectivity index (χ2n) is 7.21. The van der Waals surface area contributed by atoms with Gasteiger partial charge in [0, 0.05) is 5.41 Å². The summed E-state index contributed by atoms with van der Waals surface area (Å²) >= 11 is 0. The lowest BCUT2D eigenvalue weighted by molar-refractivity contribution is -0.129. The van der Waals surface area contributed by atoms with E-state index in [1.807, 2.05) is 26.8 Å². The van der Waals surface area contributed by atoms with Crippen LogP contribution in [0.25, 0.3) is 0 Å².